The Morgan fingerprint density at radius 3 is 2.75 bits per heavy atom. The number of nitrogens with one attached hydrogen (secondary N) is 1. The van der Waals surface area contributed by atoms with Gasteiger partial charge in [-0.1, -0.05) is 11.6 Å². The van der Waals surface area contributed by atoms with Crippen molar-refractivity contribution in [2.45, 2.75) is 10.6 Å². The summed E-state index contributed by atoms with van der Waals surface area (Å²) in [5.41, 5.74) is 3.35. The molecule has 1 aromatic heterocycles. The number of anilines is 1. The molecule has 0 bridgehead atoms. The Morgan fingerprint density at radius 2 is 2.04 bits per heavy atom. The number of benzene rings is 2. The largest absolute Gasteiger partial charge is 0.319 e. The van der Waals surface area contributed by atoms with Gasteiger partial charge in [-0.15, -0.1) is 23.1 Å². The molecule has 3 nitrogen and oxygen atoms in total. The van der Waals surface area contributed by atoms with Gasteiger partial charge in [0.2, 0.25) is 0 Å². The molecule has 0 aliphatic heterocycles. The Labute approximate surface area is 151 Å². The van der Waals surface area contributed by atoms with E-state index in [4.69, 9.17) is 11.6 Å². The predicted molar refractivity (Wildman–Crippen MR) is 97.5 cm³/mol. The average molecular weight is 379 g/mol. The highest BCUT2D eigenvalue weighted by Crippen LogP contribution is 2.24. The summed E-state index contributed by atoms with van der Waals surface area (Å²) in [5, 5.41) is 4.90. The van der Waals surface area contributed by atoms with Gasteiger partial charge in [0.1, 0.15) is 5.82 Å². The van der Waals surface area contributed by atoms with Gasteiger partial charge in [-0.2, -0.15) is 0 Å². The van der Waals surface area contributed by atoms with E-state index in [2.05, 4.69) is 10.3 Å². The molecule has 3 rings (SSSR count). The van der Waals surface area contributed by atoms with E-state index in [0.717, 1.165) is 16.3 Å². The predicted octanol–water partition coefficient (Wildman–Crippen LogP) is 5.48. The number of thiazole rings is 1. The minimum Gasteiger partial charge on any atom is -0.319 e. The summed E-state index contributed by atoms with van der Waals surface area (Å²) in [7, 11) is 0. The highest BCUT2D eigenvalue weighted by molar-refractivity contribution is 7.98. The molecule has 3 aromatic rings. The van der Waals surface area contributed by atoms with Crippen LogP contribution in [0.1, 0.15) is 16.1 Å². The molecule has 122 valence electrons. The standard InChI is InChI=1S/C17H12ClFN2OS2/c18-12-3-6-15(19)16(7-12)21-17(22)11-1-4-14(5-2-11)24-9-13-8-23-10-20-13/h1-8,10H,9H2,(H,21,22). The molecule has 7 heteroatoms. The maximum Gasteiger partial charge on any atom is 0.255 e. The van der Waals surface area contributed by atoms with Gasteiger partial charge in [-0.3, -0.25) is 4.79 Å². The quantitative estimate of drug-likeness (QED) is 0.597. The number of hydrogen-bond donors (Lipinski definition) is 1. The number of halogens is 2. The van der Waals surface area contributed by atoms with Crippen molar-refractivity contribution in [1.82, 2.24) is 4.98 Å². The number of carbonyl (C=O) groups excluding carboxylic acids is 1. The first kappa shape index (κ1) is 17.0. The van der Waals surface area contributed by atoms with Gasteiger partial charge in [-0.25, -0.2) is 9.37 Å². The van der Waals surface area contributed by atoms with Crippen molar-refractivity contribution >= 4 is 46.3 Å². The normalized spacial score (nSPS) is 10.6. The van der Waals surface area contributed by atoms with Crippen molar-refractivity contribution in [2.75, 3.05) is 5.32 Å². The summed E-state index contributed by atoms with van der Waals surface area (Å²) in [6, 6.07) is 11.2. The third-order valence-corrected chi connectivity index (χ3v) is 5.08. The van der Waals surface area contributed by atoms with Gasteiger partial charge in [0.05, 0.1) is 16.9 Å². The second kappa shape index (κ2) is 7.79. The van der Waals surface area contributed by atoms with Crippen LogP contribution in [-0.4, -0.2) is 10.9 Å². The lowest BCUT2D eigenvalue weighted by Crippen LogP contribution is -2.12. The Balaban J connectivity index is 1.64. The fourth-order valence-electron chi connectivity index (χ4n) is 1.96. The summed E-state index contributed by atoms with van der Waals surface area (Å²) in [4.78, 5) is 17.5. The zero-order valence-electron chi connectivity index (χ0n) is 12.3. The van der Waals surface area contributed by atoms with Crippen molar-refractivity contribution in [1.29, 1.82) is 0 Å². The highest BCUT2D eigenvalue weighted by atomic mass is 35.5. The zero-order valence-corrected chi connectivity index (χ0v) is 14.7. The summed E-state index contributed by atoms with van der Waals surface area (Å²) in [6.07, 6.45) is 0. The second-order valence-electron chi connectivity index (χ2n) is 4.87. The van der Waals surface area contributed by atoms with E-state index >= 15 is 0 Å². The number of rotatable bonds is 5. The van der Waals surface area contributed by atoms with Crippen molar-refractivity contribution in [3.05, 3.63) is 75.5 Å². The van der Waals surface area contributed by atoms with Crippen LogP contribution in [0.15, 0.2) is 58.3 Å². The molecule has 0 unspecified atom stereocenters. The van der Waals surface area contributed by atoms with Crippen LogP contribution in [0, 0.1) is 5.82 Å². The fourth-order valence-corrected chi connectivity index (χ4v) is 3.59. The molecule has 1 heterocycles. The Morgan fingerprint density at radius 1 is 1.25 bits per heavy atom. The number of nitrogens with zero attached hydrogens (tertiary/aromatic N) is 1. The molecular weight excluding hydrogens is 367 g/mol. The summed E-state index contributed by atoms with van der Waals surface area (Å²) < 4.78 is 13.7. The molecule has 0 aliphatic carbocycles. The average Bonchev–Trinajstić information content (AvgIpc) is 3.10. The smallest absolute Gasteiger partial charge is 0.255 e. The second-order valence-corrected chi connectivity index (χ2v) is 7.08. The molecule has 2 aromatic carbocycles. The molecule has 0 fully saturated rings. The molecule has 0 aliphatic rings. The Hall–Kier alpha value is -1.89. The number of thioether (sulfide) groups is 1. The number of amides is 1. The monoisotopic (exact) mass is 378 g/mol. The third kappa shape index (κ3) is 4.35. The molecule has 0 atom stereocenters. The lowest BCUT2D eigenvalue weighted by Gasteiger charge is -2.07. The van der Waals surface area contributed by atoms with Crippen LogP contribution >= 0.6 is 34.7 Å². The first-order chi connectivity index (χ1) is 11.6. The van der Waals surface area contributed by atoms with E-state index in [-0.39, 0.29) is 11.6 Å². The van der Waals surface area contributed by atoms with Crippen molar-refractivity contribution in [3.8, 4) is 0 Å². The SMILES string of the molecule is O=C(Nc1cc(Cl)ccc1F)c1ccc(SCc2cscn2)cc1. The van der Waals surface area contributed by atoms with Gasteiger partial charge in [0, 0.05) is 26.6 Å². The summed E-state index contributed by atoms with van der Waals surface area (Å²) >= 11 is 9.03. The lowest BCUT2D eigenvalue weighted by atomic mass is 10.2. The highest BCUT2D eigenvalue weighted by Gasteiger charge is 2.10. The maximum absolute atomic E-state index is 13.7. The van der Waals surface area contributed by atoms with E-state index in [9.17, 15) is 9.18 Å². The molecule has 0 saturated heterocycles. The van der Waals surface area contributed by atoms with Crippen LogP contribution in [0.5, 0.6) is 0 Å². The van der Waals surface area contributed by atoms with Crippen LogP contribution in [0.25, 0.3) is 0 Å². The minimum atomic E-state index is -0.525. The van der Waals surface area contributed by atoms with Crippen LogP contribution in [0.3, 0.4) is 0 Å². The van der Waals surface area contributed by atoms with E-state index < -0.39 is 5.82 Å². The van der Waals surface area contributed by atoms with Crippen LogP contribution in [-0.2, 0) is 5.75 Å². The van der Waals surface area contributed by atoms with Crippen molar-refractivity contribution in [3.63, 3.8) is 0 Å². The molecule has 0 radical (unpaired) electrons. The number of hydrogen-bond acceptors (Lipinski definition) is 4. The van der Waals surface area contributed by atoms with Crippen LogP contribution in [0.4, 0.5) is 10.1 Å². The van der Waals surface area contributed by atoms with Crippen molar-refractivity contribution in [2.24, 2.45) is 0 Å². The molecule has 1 N–H and O–H groups in total. The van der Waals surface area contributed by atoms with E-state index in [1.54, 1.807) is 40.7 Å². The van der Waals surface area contributed by atoms with Crippen molar-refractivity contribution < 1.29 is 9.18 Å². The molecular formula is C17H12ClFN2OS2. The lowest BCUT2D eigenvalue weighted by molar-refractivity contribution is 0.102. The topological polar surface area (TPSA) is 42.0 Å². The van der Waals surface area contributed by atoms with E-state index in [1.165, 1.54) is 18.2 Å². The number of carbonyl (C=O) groups is 1. The molecule has 1 amide bonds. The third-order valence-electron chi connectivity index (χ3n) is 3.16. The Kier molecular flexibility index (Phi) is 5.50. The minimum absolute atomic E-state index is 0.0643. The summed E-state index contributed by atoms with van der Waals surface area (Å²) in [6.45, 7) is 0. The zero-order chi connectivity index (χ0) is 16.9. The molecule has 24 heavy (non-hydrogen) atoms. The van der Waals surface area contributed by atoms with Crippen LogP contribution in [0.2, 0.25) is 5.02 Å². The van der Waals surface area contributed by atoms with Crippen LogP contribution < -0.4 is 5.32 Å². The molecule has 0 saturated carbocycles. The fraction of sp³-hybridized carbons (Fsp3) is 0.0588. The molecule has 0 spiro atoms. The van der Waals surface area contributed by atoms with E-state index in [1.807, 2.05) is 17.5 Å². The van der Waals surface area contributed by atoms with E-state index in [0.29, 0.717) is 10.6 Å². The summed E-state index contributed by atoms with van der Waals surface area (Å²) in [5.74, 6) is -0.127. The Bertz CT molecular complexity index is 838. The maximum atomic E-state index is 13.7. The van der Waals surface area contributed by atoms with Gasteiger partial charge >= 0.3 is 0 Å². The van der Waals surface area contributed by atoms with Gasteiger partial charge in [0.25, 0.3) is 5.91 Å². The van der Waals surface area contributed by atoms with Gasteiger partial charge < -0.3 is 5.32 Å². The first-order valence-electron chi connectivity index (χ1n) is 6.98. The first-order valence-corrected chi connectivity index (χ1v) is 9.29. The van der Waals surface area contributed by atoms with Gasteiger partial charge in [-0.05, 0) is 42.5 Å². The van der Waals surface area contributed by atoms with Gasteiger partial charge in [0.15, 0.2) is 0 Å². The number of aromatic nitrogens is 1.